The average Bonchev–Trinajstić information content (AvgIpc) is 3.46. The van der Waals surface area contributed by atoms with Crippen molar-refractivity contribution in [3.05, 3.63) is 48.9 Å². The number of aromatic nitrogens is 3. The van der Waals surface area contributed by atoms with E-state index >= 15 is 0 Å². The van der Waals surface area contributed by atoms with Crippen LogP contribution in [0.5, 0.6) is 11.6 Å². The van der Waals surface area contributed by atoms with Crippen molar-refractivity contribution in [2.45, 2.75) is 12.8 Å². The highest BCUT2D eigenvalue weighted by Gasteiger charge is 2.55. The van der Waals surface area contributed by atoms with Crippen LogP contribution in [0.2, 0.25) is 0 Å². The van der Waals surface area contributed by atoms with Gasteiger partial charge in [-0.1, -0.05) is 0 Å². The lowest BCUT2D eigenvalue weighted by molar-refractivity contribution is -0.132. The van der Waals surface area contributed by atoms with Gasteiger partial charge in [-0.15, -0.1) is 0 Å². The summed E-state index contributed by atoms with van der Waals surface area (Å²) in [6.07, 6.45) is 4.03. The molecule has 130 valence electrons. The second kappa shape index (κ2) is 6.07. The number of anilines is 1. The smallest absolute Gasteiger partial charge is 0.249 e. The summed E-state index contributed by atoms with van der Waals surface area (Å²) in [6, 6.07) is 10.4. The van der Waals surface area contributed by atoms with Crippen molar-refractivity contribution in [3.63, 3.8) is 0 Å². The van der Waals surface area contributed by atoms with Gasteiger partial charge in [-0.05, 0) is 49.2 Å². The molecular formula is C18H15N5O3. The molecular weight excluding hydrogens is 334 g/mol. The predicted octanol–water partition coefficient (Wildman–Crippen LogP) is 2.02. The average molecular weight is 349 g/mol. The molecule has 1 aliphatic rings. The number of pyridine rings is 1. The molecule has 1 aromatic carbocycles. The van der Waals surface area contributed by atoms with Gasteiger partial charge in [0.05, 0.1) is 5.52 Å². The zero-order valence-electron chi connectivity index (χ0n) is 13.7. The second-order valence-electron chi connectivity index (χ2n) is 6.08. The maximum Gasteiger partial charge on any atom is 0.249 e. The molecule has 2 aromatic heterocycles. The number of hydrogen-bond acceptors (Lipinski definition) is 6. The van der Waals surface area contributed by atoms with Gasteiger partial charge in [0.25, 0.3) is 0 Å². The summed E-state index contributed by atoms with van der Waals surface area (Å²) in [5.74, 6) is -0.0782. The molecule has 0 spiro atoms. The van der Waals surface area contributed by atoms with Crippen LogP contribution in [0.4, 0.5) is 5.69 Å². The number of nitrogens with zero attached hydrogens (tertiary/aromatic N) is 3. The van der Waals surface area contributed by atoms with Gasteiger partial charge in [0.15, 0.2) is 5.52 Å². The summed E-state index contributed by atoms with van der Waals surface area (Å²) in [6.45, 7) is 0. The number of primary amides is 1. The van der Waals surface area contributed by atoms with E-state index in [2.05, 4.69) is 20.3 Å². The van der Waals surface area contributed by atoms with Gasteiger partial charge in [-0.3, -0.25) is 9.59 Å². The van der Waals surface area contributed by atoms with Crippen LogP contribution in [0.25, 0.3) is 11.0 Å². The topological polar surface area (TPSA) is 120 Å². The van der Waals surface area contributed by atoms with Gasteiger partial charge in [-0.2, -0.15) is 4.98 Å². The Bertz CT molecular complexity index is 994. The van der Waals surface area contributed by atoms with E-state index in [9.17, 15) is 9.59 Å². The minimum Gasteiger partial charge on any atom is -0.437 e. The van der Waals surface area contributed by atoms with Crippen molar-refractivity contribution in [2.24, 2.45) is 11.1 Å². The Balaban J connectivity index is 1.50. The summed E-state index contributed by atoms with van der Waals surface area (Å²) < 4.78 is 5.77. The Morgan fingerprint density at radius 3 is 2.54 bits per heavy atom. The molecule has 8 heteroatoms. The molecule has 8 nitrogen and oxygen atoms in total. The van der Waals surface area contributed by atoms with E-state index < -0.39 is 11.3 Å². The van der Waals surface area contributed by atoms with E-state index in [0.717, 1.165) is 0 Å². The minimum absolute atomic E-state index is 0.345. The van der Waals surface area contributed by atoms with Gasteiger partial charge in [0.2, 0.25) is 17.7 Å². The van der Waals surface area contributed by atoms with Gasteiger partial charge in [-0.25, -0.2) is 9.97 Å². The maximum absolute atomic E-state index is 12.2. The molecule has 0 unspecified atom stereocenters. The maximum atomic E-state index is 12.2. The number of rotatable bonds is 5. The molecule has 0 bridgehead atoms. The largest absolute Gasteiger partial charge is 0.437 e. The first kappa shape index (κ1) is 15.9. The number of amides is 2. The van der Waals surface area contributed by atoms with Crippen LogP contribution >= 0.6 is 0 Å². The van der Waals surface area contributed by atoms with E-state index in [0.29, 0.717) is 41.2 Å². The minimum atomic E-state index is -1.05. The van der Waals surface area contributed by atoms with Crippen LogP contribution in [0, 0.1) is 5.41 Å². The quantitative estimate of drug-likeness (QED) is 0.680. The van der Waals surface area contributed by atoms with Crippen LogP contribution in [-0.2, 0) is 9.59 Å². The first-order chi connectivity index (χ1) is 12.6. The monoisotopic (exact) mass is 349 g/mol. The number of hydrogen-bond donors (Lipinski definition) is 2. The van der Waals surface area contributed by atoms with Crippen molar-refractivity contribution in [3.8, 4) is 11.6 Å². The third-order valence-corrected chi connectivity index (χ3v) is 4.34. The number of ether oxygens (including phenoxy) is 1. The molecule has 1 aliphatic carbocycles. The molecule has 0 atom stereocenters. The van der Waals surface area contributed by atoms with E-state index in [1.807, 2.05) is 6.07 Å². The van der Waals surface area contributed by atoms with Crippen LogP contribution in [0.3, 0.4) is 0 Å². The molecule has 1 fully saturated rings. The fourth-order valence-corrected chi connectivity index (χ4v) is 2.62. The van der Waals surface area contributed by atoms with Crippen LogP contribution in [0.15, 0.2) is 48.9 Å². The fraction of sp³-hybridized carbons (Fsp3) is 0.167. The molecule has 1 saturated carbocycles. The number of nitrogens with one attached hydrogen (secondary N) is 1. The standard InChI is InChI=1S/C18H15N5O3/c19-16(24)18(7-8-18)17(25)23-11-3-5-12(6-4-11)26-15-14-13(21-10-22-15)2-1-9-20-14/h1-6,9-10H,7-8H2,(H2,19,24)(H,23,25). The van der Waals surface area contributed by atoms with Crippen molar-refractivity contribution in [1.82, 2.24) is 15.0 Å². The zero-order chi connectivity index (χ0) is 18.1. The molecule has 0 aliphatic heterocycles. The number of carbonyl (C=O) groups excluding carboxylic acids is 2. The van der Waals surface area contributed by atoms with Crippen molar-refractivity contribution in [1.29, 1.82) is 0 Å². The Morgan fingerprint density at radius 1 is 1.08 bits per heavy atom. The molecule has 3 aromatic rings. The van der Waals surface area contributed by atoms with Crippen LogP contribution in [0.1, 0.15) is 12.8 Å². The lowest BCUT2D eigenvalue weighted by Gasteiger charge is -2.12. The summed E-state index contributed by atoms with van der Waals surface area (Å²) in [5, 5.41) is 2.71. The summed E-state index contributed by atoms with van der Waals surface area (Å²) in [5.41, 5.74) is 6.05. The first-order valence-electron chi connectivity index (χ1n) is 8.03. The predicted molar refractivity (Wildman–Crippen MR) is 93.3 cm³/mol. The normalized spacial score (nSPS) is 14.6. The van der Waals surface area contributed by atoms with Crippen molar-refractivity contribution >= 4 is 28.5 Å². The van der Waals surface area contributed by atoms with Crippen molar-refractivity contribution in [2.75, 3.05) is 5.32 Å². The molecule has 26 heavy (non-hydrogen) atoms. The SMILES string of the molecule is NC(=O)C1(C(=O)Nc2ccc(Oc3ncnc4cccnc34)cc2)CC1. The zero-order valence-corrected chi connectivity index (χ0v) is 13.7. The molecule has 3 N–H and O–H groups in total. The molecule has 4 rings (SSSR count). The number of carbonyl (C=O) groups is 2. The van der Waals surface area contributed by atoms with Crippen molar-refractivity contribution < 1.29 is 14.3 Å². The summed E-state index contributed by atoms with van der Waals surface area (Å²) >= 11 is 0. The Kier molecular flexibility index (Phi) is 3.72. The number of fused-ring (bicyclic) bond motifs is 1. The lowest BCUT2D eigenvalue weighted by Crippen LogP contribution is -2.36. The fourth-order valence-electron chi connectivity index (χ4n) is 2.62. The van der Waals surface area contributed by atoms with Crippen LogP contribution < -0.4 is 15.8 Å². The van der Waals surface area contributed by atoms with E-state index in [4.69, 9.17) is 10.5 Å². The molecule has 2 heterocycles. The lowest BCUT2D eigenvalue weighted by atomic mass is 10.1. The highest BCUT2D eigenvalue weighted by atomic mass is 16.5. The van der Waals surface area contributed by atoms with Crippen LogP contribution in [-0.4, -0.2) is 26.8 Å². The number of nitrogens with two attached hydrogens (primary N) is 1. The first-order valence-corrected chi connectivity index (χ1v) is 8.03. The highest BCUT2D eigenvalue weighted by molar-refractivity contribution is 6.12. The summed E-state index contributed by atoms with van der Waals surface area (Å²) in [4.78, 5) is 36.1. The van der Waals surface area contributed by atoms with Gasteiger partial charge in [0.1, 0.15) is 17.5 Å². The van der Waals surface area contributed by atoms with Gasteiger partial charge >= 0.3 is 0 Å². The van der Waals surface area contributed by atoms with Gasteiger partial charge in [0, 0.05) is 11.9 Å². The van der Waals surface area contributed by atoms with E-state index in [-0.39, 0.29) is 5.91 Å². The third-order valence-electron chi connectivity index (χ3n) is 4.34. The molecule has 0 saturated heterocycles. The van der Waals surface area contributed by atoms with E-state index in [1.54, 1.807) is 36.5 Å². The Labute approximate surface area is 148 Å². The number of benzene rings is 1. The Morgan fingerprint density at radius 2 is 1.85 bits per heavy atom. The Hall–Kier alpha value is -3.55. The third kappa shape index (κ3) is 2.81. The molecule has 0 radical (unpaired) electrons. The molecule has 2 amide bonds. The van der Waals surface area contributed by atoms with E-state index in [1.165, 1.54) is 6.33 Å². The summed E-state index contributed by atoms with van der Waals surface area (Å²) in [7, 11) is 0. The highest BCUT2D eigenvalue weighted by Crippen LogP contribution is 2.46. The second-order valence-corrected chi connectivity index (χ2v) is 6.08. The van der Waals surface area contributed by atoms with Gasteiger partial charge < -0.3 is 15.8 Å².